The number of hydrogen-bond acceptors (Lipinski definition) is 1. The highest BCUT2D eigenvalue weighted by molar-refractivity contribution is 4.86. The van der Waals surface area contributed by atoms with Gasteiger partial charge in [-0.3, -0.25) is 0 Å². The Morgan fingerprint density at radius 1 is 1.23 bits per heavy atom. The molecule has 1 heteroatoms. The van der Waals surface area contributed by atoms with E-state index >= 15 is 0 Å². The Hall–Kier alpha value is -0.0400. The molecule has 0 spiro atoms. The van der Waals surface area contributed by atoms with E-state index in [4.69, 9.17) is 4.74 Å². The molecule has 0 bridgehead atoms. The third-order valence-corrected chi connectivity index (χ3v) is 3.76. The van der Waals surface area contributed by atoms with E-state index in [9.17, 15) is 0 Å². The van der Waals surface area contributed by atoms with Crippen LogP contribution in [0, 0.1) is 11.3 Å². The molecule has 0 heterocycles. The van der Waals surface area contributed by atoms with Gasteiger partial charge in [0.2, 0.25) is 0 Å². The first-order valence-electron chi connectivity index (χ1n) is 5.71. The normalized spacial score (nSPS) is 22.8. The van der Waals surface area contributed by atoms with Gasteiger partial charge in [0.1, 0.15) is 0 Å². The van der Waals surface area contributed by atoms with E-state index in [1.54, 1.807) is 0 Å². The Morgan fingerprint density at radius 2 is 1.85 bits per heavy atom. The van der Waals surface area contributed by atoms with Crippen molar-refractivity contribution in [2.45, 2.75) is 59.5 Å². The highest BCUT2D eigenvalue weighted by Gasteiger charge is 2.35. The van der Waals surface area contributed by atoms with Gasteiger partial charge in [0.15, 0.2) is 0 Å². The third kappa shape index (κ3) is 2.70. The molecule has 0 aliphatic heterocycles. The summed E-state index contributed by atoms with van der Waals surface area (Å²) in [6, 6.07) is 0. The number of rotatable bonds is 5. The maximum atomic E-state index is 5.90. The first kappa shape index (κ1) is 11.0. The molecule has 1 unspecified atom stereocenters. The fraction of sp³-hybridized carbons (Fsp3) is 1.00. The van der Waals surface area contributed by atoms with Crippen LogP contribution >= 0.6 is 0 Å². The van der Waals surface area contributed by atoms with E-state index in [-0.39, 0.29) is 0 Å². The zero-order valence-electron chi connectivity index (χ0n) is 9.60. The van der Waals surface area contributed by atoms with E-state index in [0.717, 1.165) is 6.61 Å². The lowest BCUT2D eigenvalue weighted by Crippen LogP contribution is -2.35. The smallest absolute Gasteiger partial charge is 0.0570 e. The molecule has 0 amide bonds. The lowest BCUT2D eigenvalue weighted by molar-refractivity contribution is -0.0546. The van der Waals surface area contributed by atoms with Gasteiger partial charge >= 0.3 is 0 Å². The minimum absolute atomic E-state index is 0.420. The molecule has 13 heavy (non-hydrogen) atoms. The summed E-state index contributed by atoms with van der Waals surface area (Å²) in [4.78, 5) is 0. The fourth-order valence-electron chi connectivity index (χ4n) is 1.78. The van der Waals surface area contributed by atoms with E-state index < -0.39 is 0 Å². The van der Waals surface area contributed by atoms with Gasteiger partial charge in [-0.15, -0.1) is 0 Å². The van der Waals surface area contributed by atoms with E-state index in [1.807, 2.05) is 0 Å². The van der Waals surface area contributed by atoms with Gasteiger partial charge in [-0.1, -0.05) is 27.2 Å². The Morgan fingerprint density at radius 3 is 2.15 bits per heavy atom. The molecule has 1 fully saturated rings. The van der Waals surface area contributed by atoms with Crippen molar-refractivity contribution in [3.8, 4) is 0 Å². The maximum Gasteiger partial charge on any atom is 0.0570 e. The van der Waals surface area contributed by atoms with Crippen molar-refractivity contribution < 1.29 is 4.74 Å². The summed E-state index contributed by atoms with van der Waals surface area (Å²) in [6.45, 7) is 9.92. The summed E-state index contributed by atoms with van der Waals surface area (Å²) < 4.78 is 5.90. The van der Waals surface area contributed by atoms with Crippen molar-refractivity contribution in [2.75, 3.05) is 6.61 Å². The van der Waals surface area contributed by atoms with Crippen LogP contribution < -0.4 is 0 Å². The molecule has 1 nitrogen and oxygen atoms in total. The molecule has 1 saturated carbocycles. The second kappa shape index (κ2) is 4.45. The topological polar surface area (TPSA) is 9.23 Å². The average molecular weight is 184 g/mol. The van der Waals surface area contributed by atoms with Crippen molar-refractivity contribution in [1.29, 1.82) is 0 Å². The molecule has 0 N–H and O–H groups in total. The molecule has 0 aromatic rings. The molecule has 1 rings (SSSR count). The summed E-state index contributed by atoms with van der Waals surface area (Å²) in [7, 11) is 0. The quantitative estimate of drug-likeness (QED) is 0.634. The SMILES string of the molecule is CCC1(COC(C)C(C)C)CCC1. The van der Waals surface area contributed by atoms with Crippen LogP contribution in [0.5, 0.6) is 0 Å². The zero-order valence-corrected chi connectivity index (χ0v) is 9.60. The van der Waals surface area contributed by atoms with Crippen molar-refractivity contribution in [3.05, 3.63) is 0 Å². The molecule has 1 aliphatic rings. The molecule has 0 radical (unpaired) electrons. The van der Waals surface area contributed by atoms with Crippen LogP contribution in [-0.4, -0.2) is 12.7 Å². The molecule has 0 saturated heterocycles. The van der Waals surface area contributed by atoms with Crippen LogP contribution in [0.25, 0.3) is 0 Å². The molecular formula is C12H24O. The summed E-state index contributed by atoms with van der Waals surface area (Å²) >= 11 is 0. The van der Waals surface area contributed by atoms with Gasteiger partial charge in [0.05, 0.1) is 12.7 Å². The predicted octanol–water partition coefficient (Wildman–Crippen LogP) is 3.63. The van der Waals surface area contributed by atoms with Gasteiger partial charge in [0.25, 0.3) is 0 Å². The van der Waals surface area contributed by atoms with E-state index in [1.165, 1.54) is 25.7 Å². The molecule has 0 aromatic carbocycles. The van der Waals surface area contributed by atoms with Crippen LogP contribution in [0.4, 0.5) is 0 Å². The average Bonchev–Trinajstić information content (AvgIpc) is 2.02. The Balaban J connectivity index is 2.24. The molecule has 0 aromatic heterocycles. The van der Waals surface area contributed by atoms with Crippen molar-refractivity contribution >= 4 is 0 Å². The van der Waals surface area contributed by atoms with Gasteiger partial charge in [-0.05, 0) is 37.5 Å². The van der Waals surface area contributed by atoms with Gasteiger partial charge in [-0.25, -0.2) is 0 Å². The zero-order chi connectivity index (χ0) is 9.90. The molecule has 78 valence electrons. The summed E-state index contributed by atoms with van der Waals surface area (Å²) in [5.74, 6) is 0.647. The maximum absolute atomic E-state index is 5.90. The lowest BCUT2D eigenvalue weighted by atomic mass is 9.68. The second-order valence-electron chi connectivity index (χ2n) is 4.97. The summed E-state index contributed by atoms with van der Waals surface area (Å²) in [5.41, 5.74) is 0.559. The standard InChI is InChI=1S/C12H24O/c1-5-12(7-6-8-12)9-13-11(4)10(2)3/h10-11H,5-9H2,1-4H3. The first-order chi connectivity index (χ1) is 6.09. The van der Waals surface area contributed by atoms with Crippen molar-refractivity contribution in [3.63, 3.8) is 0 Å². The Labute approximate surface area is 82.9 Å². The molecule has 1 aliphatic carbocycles. The fourth-order valence-corrected chi connectivity index (χ4v) is 1.78. The van der Waals surface area contributed by atoms with E-state index in [2.05, 4.69) is 27.7 Å². The van der Waals surface area contributed by atoms with Crippen LogP contribution in [0.15, 0.2) is 0 Å². The van der Waals surface area contributed by atoms with Crippen molar-refractivity contribution in [1.82, 2.24) is 0 Å². The van der Waals surface area contributed by atoms with Gasteiger partial charge < -0.3 is 4.74 Å². The molecule has 1 atom stereocenters. The third-order valence-electron chi connectivity index (χ3n) is 3.76. The molecular weight excluding hydrogens is 160 g/mol. The second-order valence-corrected chi connectivity index (χ2v) is 4.97. The Bertz CT molecular complexity index is 142. The van der Waals surface area contributed by atoms with Crippen LogP contribution in [0.2, 0.25) is 0 Å². The highest BCUT2D eigenvalue weighted by Crippen LogP contribution is 2.44. The minimum Gasteiger partial charge on any atom is -0.378 e. The number of ether oxygens (including phenoxy) is 1. The van der Waals surface area contributed by atoms with Crippen LogP contribution in [0.3, 0.4) is 0 Å². The number of hydrogen-bond donors (Lipinski definition) is 0. The van der Waals surface area contributed by atoms with Crippen molar-refractivity contribution in [2.24, 2.45) is 11.3 Å². The van der Waals surface area contributed by atoms with Crippen LogP contribution in [0.1, 0.15) is 53.4 Å². The lowest BCUT2D eigenvalue weighted by Gasteiger charge is -2.41. The monoisotopic (exact) mass is 184 g/mol. The van der Waals surface area contributed by atoms with Crippen LogP contribution in [-0.2, 0) is 4.74 Å². The first-order valence-corrected chi connectivity index (χ1v) is 5.71. The predicted molar refractivity (Wildman–Crippen MR) is 56.8 cm³/mol. The summed E-state index contributed by atoms with van der Waals surface area (Å²) in [6.07, 6.45) is 5.89. The highest BCUT2D eigenvalue weighted by atomic mass is 16.5. The van der Waals surface area contributed by atoms with Gasteiger partial charge in [0, 0.05) is 0 Å². The minimum atomic E-state index is 0.420. The largest absolute Gasteiger partial charge is 0.378 e. The Kier molecular flexibility index (Phi) is 3.78. The van der Waals surface area contributed by atoms with Gasteiger partial charge in [-0.2, -0.15) is 0 Å². The summed E-state index contributed by atoms with van der Waals surface area (Å²) in [5, 5.41) is 0. The van der Waals surface area contributed by atoms with E-state index in [0.29, 0.717) is 17.4 Å².